The summed E-state index contributed by atoms with van der Waals surface area (Å²) < 4.78 is 0. The molecule has 0 bridgehead atoms. The van der Waals surface area contributed by atoms with Crippen LogP contribution in [0.1, 0.15) is 12.8 Å². The number of aliphatic carboxylic acids is 5. The van der Waals surface area contributed by atoms with E-state index in [0.717, 1.165) is 30.4 Å². The molecule has 0 rings (SSSR count). The zero-order chi connectivity index (χ0) is 28.5. The van der Waals surface area contributed by atoms with Gasteiger partial charge in [-0.05, 0) is 12.8 Å². The summed E-state index contributed by atoms with van der Waals surface area (Å²) >= 11 is 0. The van der Waals surface area contributed by atoms with Crippen LogP contribution in [0.5, 0.6) is 0 Å². The van der Waals surface area contributed by atoms with Crippen molar-refractivity contribution in [1.29, 1.82) is 0 Å². The monoisotopic (exact) mass is 494 g/mol. The van der Waals surface area contributed by atoms with Crippen LogP contribution in [-0.2, 0) is 24.0 Å². The number of carbonyl (C=O) groups is 5. The number of aliphatic hydroxyl groups is 3. The second kappa shape index (κ2) is 39.4. The van der Waals surface area contributed by atoms with Gasteiger partial charge >= 0.3 is 29.8 Å². The number of carboxylic acid groups (broad SMARTS) is 5. The van der Waals surface area contributed by atoms with Crippen LogP contribution in [-0.4, -0.2) is 90.5 Å². The maximum atomic E-state index is 9.25. The SMILES string of the molecule is C=CC(=O)O.C=CC(=O)O.C=CC(=O)O.C=CC(=O)O.C=CC(=O)O.OCCCC(CO)CO. The molecule has 196 valence electrons. The summed E-state index contributed by atoms with van der Waals surface area (Å²) in [5, 5.41) is 63.4. The van der Waals surface area contributed by atoms with Crippen molar-refractivity contribution in [2.75, 3.05) is 19.8 Å². The van der Waals surface area contributed by atoms with Gasteiger partial charge in [-0.2, -0.15) is 0 Å². The molecule has 34 heavy (non-hydrogen) atoms. The molecule has 0 aliphatic carbocycles. The fourth-order valence-corrected chi connectivity index (χ4v) is 0.620. The molecule has 8 N–H and O–H groups in total. The maximum absolute atomic E-state index is 9.25. The topological polar surface area (TPSA) is 247 Å². The van der Waals surface area contributed by atoms with Gasteiger partial charge < -0.3 is 40.9 Å². The first kappa shape index (κ1) is 43.7. The van der Waals surface area contributed by atoms with Crippen LogP contribution in [0.2, 0.25) is 0 Å². The summed E-state index contributed by atoms with van der Waals surface area (Å²) in [6, 6.07) is 0. The first-order chi connectivity index (χ1) is 15.7. The Balaban J connectivity index is -0.0000000707. The van der Waals surface area contributed by atoms with Crippen molar-refractivity contribution in [3.63, 3.8) is 0 Å². The van der Waals surface area contributed by atoms with Gasteiger partial charge in [-0.1, -0.05) is 32.9 Å². The normalized spacial score (nSPS) is 7.53. The second-order valence-corrected chi connectivity index (χ2v) is 4.81. The Hall–Kier alpha value is -4.07. The zero-order valence-electron chi connectivity index (χ0n) is 18.7. The minimum Gasteiger partial charge on any atom is -0.478 e. The average Bonchev–Trinajstić information content (AvgIpc) is 2.81. The van der Waals surface area contributed by atoms with Crippen LogP contribution in [0.3, 0.4) is 0 Å². The molecule has 0 unspecified atom stereocenters. The molecule has 0 saturated carbocycles. The molecule has 13 nitrogen and oxygen atoms in total. The highest BCUT2D eigenvalue weighted by molar-refractivity contribution is 5.80. The Kier molecular flexibility index (Phi) is 50.7. The van der Waals surface area contributed by atoms with E-state index in [0.29, 0.717) is 12.8 Å². The molecule has 0 saturated heterocycles. The molecule has 0 aromatic rings. The molecule has 0 aromatic carbocycles. The van der Waals surface area contributed by atoms with Crippen LogP contribution in [0.15, 0.2) is 63.3 Å². The number of rotatable bonds is 10. The van der Waals surface area contributed by atoms with E-state index in [1.165, 1.54) is 0 Å². The Morgan fingerprint density at radius 3 is 0.794 bits per heavy atom. The lowest BCUT2D eigenvalue weighted by atomic mass is 10.1. The molecular formula is C21H34O13. The molecular weight excluding hydrogens is 460 g/mol. The lowest BCUT2D eigenvalue weighted by Gasteiger charge is -2.07. The van der Waals surface area contributed by atoms with Crippen molar-refractivity contribution in [3.05, 3.63) is 63.3 Å². The molecule has 0 heterocycles. The average molecular weight is 494 g/mol. The van der Waals surface area contributed by atoms with Gasteiger partial charge in [0.15, 0.2) is 0 Å². The van der Waals surface area contributed by atoms with Gasteiger partial charge in [0.1, 0.15) is 0 Å². The third kappa shape index (κ3) is 104. The molecule has 0 aromatic heterocycles. The van der Waals surface area contributed by atoms with Crippen LogP contribution >= 0.6 is 0 Å². The maximum Gasteiger partial charge on any atom is 0.327 e. The van der Waals surface area contributed by atoms with Crippen LogP contribution in [0, 0.1) is 5.92 Å². The molecule has 0 aliphatic heterocycles. The standard InChI is InChI=1S/C6H14O3.5C3H4O2/c7-3-1-2-6(4-8)5-9;5*1-2-3(4)5/h6-9H,1-5H2;5*2H,1H2,(H,4,5). The molecule has 0 amide bonds. The molecule has 0 radical (unpaired) electrons. The fourth-order valence-electron chi connectivity index (χ4n) is 0.620. The third-order valence-corrected chi connectivity index (χ3v) is 2.16. The van der Waals surface area contributed by atoms with Gasteiger partial charge in [0.05, 0.1) is 0 Å². The first-order valence-corrected chi connectivity index (χ1v) is 8.80. The van der Waals surface area contributed by atoms with Crippen molar-refractivity contribution in [3.8, 4) is 0 Å². The number of carboxylic acids is 5. The summed E-state index contributed by atoms with van der Waals surface area (Å²) in [6.07, 6.45) is 5.52. The van der Waals surface area contributed by atoms with Crippen LogP contribution < -0.4 is 0 Å². The van der Waals surface area contributed by atoms with E-state index >= 15 is 0 Å². The predicted octanol–water partition coefficient (Wildman–Crippen LogP) is 0.645. The minimum absolute atomic E-state index is 0.0104. The lowest BCUT2D eigenvalue weighted by molar-refractivity contribution is -0.132. The predicted molar refractivity (Wildman–Crippen MR) is 123 cm³/mol. The Morgan fingerprint density at radius 2 is 0.706 bits per heavy atom. The lowest BCUT2D eigenvalue weighted by Crippen LogP contribution is -2.11. The van der Waals surface area contributed by atoms with Gasteiger partial charge in [-0.3, -0.25) is 0 Å². The van der Waals surface area contributed by atoms with Gasteiger partial charge in [0.25, 0.3) is 0 Å². The second-order valence-electron chi connectivity index (χ2n) is 4.81. The van der Waals surface area contributed by atoms with Gasteiger partial charge in [-0.15, -0.1) is 0 Å². The van der Waals surface area contributed by atoms with E-state index in [-0.39, 0.29) is 25.7 Å². The Morgan fingerprint density at radius 1 is 0.529 bits per heavy atom. The Bertz CT molecular complexity index is 501. The smallest absolute Gasteiger partial charge is 0.327 e. The van der Waals surface area contributed by atoms with Crippen LogP contribution in [0.25, 0.3) is 0 Å². The molecule has 0 aliphatic rings. The van der Waals surface area contributed by atoms with Crippen molar-refractivity contribution in [1.82, 2.24) is 0 Å². The van der Waals surface area contributed by atoms with Gasteiger partial charge in [0.2, 0.25) is 0 Å². The summed E-state index contributed by atoms with van der Waals surface area (Å²) in [5.74, 6) is -4.95. The van der Waals surface area contributed by atoms with Gasteiger partial charge in [-0.25, -0.2) is 24.0 Å². The zero-order valence-corrected chi connectivity index (χ0v) is 18.7. The van der Waals surface area contributed by atoms with Crippen molar-refractivity contribution in [2.45, 2.75) is 12.8 Å². The van der Waals surface area contributed by atoms with Crippen molar-refractivity contribution in [2.24, 2.45) is 5.92 Å². The first-order valence-electron chi connectivity index (χ1n) is 8.80. The van der Waals surface area contributed by atoms with E-state index in [2.05, 4.69) is 32.9 Å². The highest BCUT2D eigenvalue weighted by Crippen LogP contribution is 2.02. The van der Waals surface area contributed by atoms with E-state index in [1.54, 1.807) is 0 Å². The quantitative estimate of drug-likeness (QED) is 0.194. The van der Waals surface area contributed by atoms with E-state index in [9.17, 15) is 24.0 Å². The summed E-state index contributed by atoms with van der Waals surface area (Å²) in [5.41, 5.74) is 0. The summed E-state index contributed by atoms with van der Waals surface area (Å²) in [4.78, 5) is 46.2. The fraction of sp³-hybridized carbons (Fsp3) is 0.286. The van der Waals surface area contributed by atoms with E-state index < -0.39 is 29.8 Å². The Labute approximate surface area is 197 Å². The molecule has 13 heteroatoms. The van der Waals surface area contributed by atoms with E-state index in [4.69, 9.17) is 40.9 Å². The molecule has 0 spiro atoms. The molecule has 0 fully saturated rings. The number of hydrogen-bond acceptors (Lipinski definition) is 8. The summed E-state index contributed by atoms with van der Waals surface area (Å²) in [6.45, 7) is 15.0. The highest BCUT2D eigenvalue weighted by Gasteiger charge is 2.03. The van der Waals surface area contributed by atoms with Crippen molar-refractivity contribution < 1.29 is 64.8 Å². The highest BCUT2D eigenvalue weighted by atomic mass is 16.4. The summed E-state index contributed by atoms with van der Waals surface area (Å²) in [7, 11) is 0. The van der Waals surface area contributed by atoms with Gasteiger partial charge in [0, 0.05) is 56.1 Å². The van der Waals surface area contributed by atoms with Crippen molar-refractivity contribution >= 4 is 29.8 Å². The minimum atomic E-state index is -0.981. The number of hydrogen-bond donors (Lipinski definition) is 8. The molecule has 0 atom stereocenters. The van der Waals surface area contributed by atoms with Crippen LogP contribution in [0.4, 0.5) is 0 Å². The largest absolute Gasteiger partial charge is 0.478 e. The third-order valence-electron chi connectivity index (χ3n) is 2.16. The number of aliphatic hydroxyl groups excluding tert-OH is 3. The van der Waals surface area contributed by atoms with E-state index in [1.807, 2.05) is 0 Å².